The van der Waals surface area contributed by atoms with Crippen molar-refractivity contribution in [2.45, 2.75) is 33.5 Å². The molecule has 1 aromatic heterocycles. The number of rotatable bonds is 10. The van der Waals surface area contributed by atoms with Crippen LogP contribution in [0, 0.1) is 5.92 Å². The van der Waals surface area contributed by atoms with Crippen LogP contribution >= 0.6 is 0 Å². The van der Waals surface area contributed by atoms with Crippen LogP contribution in [0.3, 0.4) is 0 Å². The topological polar surface area (TPSA) is 43.7 Å². The number of aromatic nitrogens is 1. The Balaban J connectivity index is 1.80. The van der Waals surface area contributed by atoms with E-state index < -0.39 is 0 Å². The highest BCUT2D eigenvalue weighted by Crippen LogP contribution is 2.19. The van der Waals surface area contributed by atoms with Gasteiger partial charge in [0.05, 0.1) is 19.8 Å². The number of hydrogen-bond acceptors (Lipinski definition) is 4. The Bertz CT molecular complexity index is 994. The van der Waals surface area contributed by atoms with E-state index >= 15 is 0 Å². The van der Waals surface area contributed by atoms with E-state index in [9.17, 15) is 4.79 Å². The summed E-state index contributed by atoms with van der Waals surface area (Å²) in [5.41, 5.74) is 4.05. The summed E-state index contributed by atoms with van der Waals surface area (Å²) in [5, 5.41) is 0. The molecule has 31 heavy (non-hydrogen) atoms. The van der Waals surface area contributed by atoms with E-state index in [0.717, 1.165) is 30.9 Å². The number of carbonyl (C=O) groups is 1. The first kappa shape index (κ1) is 22.6. The molecule has 0 amide bonds. The van der Waals surface area contributed by atoms with E-state index in [4.69, 9.17) is 9.47 Å². The van der Waals surface area contributed by atoms with Crippen molar-refractivity contribution < 1.29 is 14.3 Å². The molecule has 0 spiro atoms. The molecule has 0 fully saturated rings. The third-order valence-corrected chi connectivity index (χ3v) is 5.24. The molecule has 3 aromatic rings. The molecule has 2 aromatic carbocycles. The van der Waals surface area contributed by atoms with Gasteiger partial charge in [0, 0.05) is 38.1 Å². The maximum Gasteiger partial charge on any atom is 0.338 e. The molecule has 3 rings (SSSR count). The monoisotopic (exact) mass is 420 g/mol. The fraction of sp³-hybridized carbons (Fsp3) is 0.346. The van der Waals surface area contributed by atoms with Crippen molar-refractivity contribution in [3.05, 3.63) is 89.2 Å². The second kappa shape index (κ2) is 10.8. The fourth-order valence-corrected chi connectivity index (χ4v) is 3.85. The number of hydrogen-bond donors (Lipinski definition) is 0. The third kappa shape index (κ3) is 6.22. The van der Waals surface area contributed by atoms with Crippen LogP contribution in [0.2, 0.25) is 0 Å². The molecule has 0 N–H and O–H groups in total. The summed E-state index contributed by atoms with van der Waals surface area (Å²) in [6.07, 6.45) is 2.12. The first-order valence-corrected chi connectivity index (χ1v) is 10.7. The van der Waals surface area contributed by atoms with Crippen molar-refractivity contribution in [3.8, 4) is 5.75 Å². The minimum absolute atomic E-state index is 0.290. The average Bonchev–Trinajstić information content (AvgIpc) is 3.19. The molecule has 0 radical (unpaired) electrons. The number of carbonyl (C=O) groups excluding carboxylic acids is 1. The lowest BCUT2D eigenvalue weighted by Gasteiger charge is -2.26. The molecule has 5 heteroatoms. The molecule has 0 bridgehead atoms. The molecular weight excluding hydrogens is 388 g/mol. The molecule has 0 saturated heterocycles. The Kier molecular flexibility index (Phi) is 7.90. The second-order valence-corrected chi connectivity index (χ2v) is 8.19. The smallest absolute Gasteiger partial charge is 0.338 e. The Hall–Kier alpha value is -3.05. The molecule has 0 atom stereocenters. The first-order valence-electron chi connectivity index (χ1n) is 10.7. The molecule has 5 nitrogen and oxygen atoms in total. The van der Waals surface area contributed by atoms with E-state index in [2.05, 4.69) is 53.8 Å². The Morgan fingerprint density at radius 2 is 1.81 bits per heavy atom. The lowest BCUT2D eigenvalue weighted by molar-refractivity contribution is 0.0598. The van der Waals surface area contributed by atoms with Crippen molar-refractivity contribution in [1.29, 1.82) is 0 Å². The number of nitrogens with zero attached hydrogens (tertiary/aromatic N) is 2. The maximum atomic E-state index is 12.2. The predicted molar refractivity (Wildman–Crippen MR) is 123 cm³/mol. The SMILES string of the molecule is COC(=O)c1ccccc1CN(Cc1cccn1Cc1cccc(OC)c1)CC(C)C. The molecule has 0 aliphatic heterocycles. The van der Waals surface area contributed by atoms with Crippen molar-refractivity contribution in [1.82, 2.24) is 9.47 Å². The summed E-state index contributed by atoms with van der Waals surface area (Å²) in [4.78, 5) is 14.6. The molecule has 0 aliphatic rings. The van der Waals surface area contributed by atoms with E-state index in [0.29, 0.717) is 18.0 Å². The summed E-state index contributed by atoms with van der Waals surface area (Å²) >= 11 is 0. The summed E-state index contributed by atoms with van der Waals surface area (Å²) in [5.74, 6) is 1.08. The number of benzene rings is 2. The summed E-state index contributed by atoms with van der Waals surface area (Å²) < 4.78 is 12.6. The second-order valence-electron chi connectivity index (χ2n) is 8.19. The molecule has 0 unspecified atom stereocenters. The van der Waals surface area contributed by atoms with Gasteiger partial charge in [0.2, 0.25) is 0 Å². The summed E-state index contributed by atoms with van der Waals surface area (Å²) in [6, 6.07) is 20.1. The number of methoxy groups -OCH3 is 2. The predicted octanol–water partition coefficient (Wildman–Crippen LogP) is 4.99. The van der Waals surface area contributed by atoms with Crippen LogP contribution < -0.4 is 4.74 Å². The highest BCUT2D eigenvalue weighted by atomic mass is 16.5. The third-order valence-electron chi connectivity index (χ3n) is 5.24. The highest BCUT2D eigenvalue weighted by Gasteiger charge is 2.17. The van der Waals surface area contributed by atoms with Gasteiger partial charge in [-0.2, -0.15) is 0 Å². The normalized spacial score (nSPS) is 11.2. The molecule has 0 saturated carbocycles. The zero-order valence-corrected chi connectivity index (χ0v) is 18.9. The van der Waals surface area contributed by atoms with Crippen LogP contribution in [0.15, 0.2) is 66.9 Å². The largest absolute Gasteiger partial charge is 0.497 e. The quantitative estimate of drug-likeness (QED) is 0.434. The van der Waals surface area contributed by atoms with E-state index in [-0.39, 0.29) is 5.97 Å². The van der Waals surface area contributed by atoms with Gasteiger partial charge in [-0.1, -0.05) is 44.2 Å². The standard InChI is InChI=1S/C26H32N2O3/c1-20(2)16-27(18-22-10-5-6-13-25(22)26(29)31-4)19-23-11-8-14-28(23)17-21-9-7-12-24(15-21)30-3/h5-15,20H,16-19H2,1-4H3. The Morgan fingerprint density at radius 3 is 2.55 bits per heavy atom. The summed E-state index contributed by atoms with van der Waals surface area (Å²) in [6.45, 7) is 7.63. The summed E-state index contributed by atoms with van der Waals surface area (Å²) in [7, 11) is 3.12. The van der Waals surface area contributed by atoms with E-state index in [1.54, 1.807) is 7.11 Å². The van der Waals surface area contributed by atoms with Crippen LogP contribution in [-0.2, 0) is 24.4 Å². The van der Waals surface area contributed by atoms with Gasteiger partial charge in [0.25, 0.3) is 0 Å². The van der Waals surface area contributed by atoms with Gasteiger partial charge >= 0.3 is 5.97 Å². The minimum Gasteiger partial charge on any atom is -0.497 e. The number of ether oxygens (including phenoxy) is 2. The maximum absolute atomic E-state index is 12.2. The molecule has 164 valence electrons. The molecule has 0 aliphatic carbocycles. The number of esters is 1. The molecule has 1 heterocycles. The molecular formula is C26H32N2O3. The van der Waals surface area contributed by atoms with Gasteiger partial charge in [-0.15, -0.1) is 0 Å². The van der Waals surface area contributed by atoms with Crippen LogP contribution in [0.5, 0.6) is 5.75 Å². The van der Waals surface area contributed by atoms with Gasteiger partial charge in [-0.05, 0) is 47.4 Å². The zero-order chi connectivity index (χ0) is 22.2. The van der Waals surface area contributed by atoms with Crippen molar-refractivity contribution >= 4 is 5.97 Å². The lowest BCUT2D eigenvalue weighted by atomic mass is 10.1. The van der Waals surface area contributed by atoms with Crippen LogP contribution in [-0.4, -0.2) is 36.2 Å². The fourth-order valence-electron chi connectivity index (χ4n) is 3.85. The minimum atomic E-state index is -0.290. The van der Waals surface area contributed by atoms with Crippen molar-refractivity contribution in [2.75, 3.05) is 20.8 Å². The first-order chi connectivity index (χ1) is 15.0. The van der Waals surface area contributed by atoms with Gasteiger partial charge in [-0.3, -0.25) is 4.90 Å². The zero-order valence-electron chi connectivity index (χ0n) is 18.9. The van der Waals surface area contributed by atoms with Gasteiger partial charge in [0.1, 0.15) is 5.75 Å². The van der Waals surface area contributed by atoms with Crippen LogP contribution in [0.1, 0.15) is 41.0 Å². The van der Waals surface area contributed by atoms with Gasteiger partial charge in [0.15, 0.2) is 0 Å². The van der Waals surface area contributed by atoms with Crippen molar-refractivity contribution in [3.63, 3.8) is 0 Å². The van der Waals surface area contributed by atoms with Crippen LogP contribution in [0.25, 0.3) is 0 Å². The highest BCUT2D eigenvalue weighted by molar-refractivity contribution is 5.90. The van der Waals surface area contributed by atoms with Gasteiger partial charge < -0.3 is 14.0 Å². The average molecular weight is 421 g/mol. The Labute approximate surface area is 185 Å². The Morgan fingerprint density at radius 1 is 1.00 bits per heavy atom. The van der Waals surface area contributed by atoms with Crippen molar-refractivity contribution in [2.24, 2.45) is 5.92 Å². The van der Waals surface area contributed by atoms with E-state index in [1.807, 2.05) is 36.4 Å². The van der Waals surface area contributed by atoms with E-state index in [1.165, 1.54) is 18.4 Å². The van der Waals surface area contributed by atoms with Crippen LogP contribution in [0.4, 0.5) is 0 Å². The van der Waals surface area contributed by atoms with Gasteiger partial charge in [-0.25, -0.2) is 4.79 Å². The lowest BCUT2D eigenvalue weighted by Crippen LogP contribution is -2.29.